The molecule has 2 aromatic carbocycles. The van der Waals surface area contributed by atoms with E-state index in [4.69, 9.17) is 4.74 Å². The Labute approximate surface area is 210 Å². The molecule has 202 valence electrons. The van der Waals surface area contributed by atoms with Crippen LogP contribution in [0.4, 0.5) is 30.7 Å². The van der Waals surface area contributed by atoms with Gasteiger partial charge in [-0.2, -0.15) is 26.3 Å². The molecule has 1 amide bonds. The fourth-order valence-corrected chi connectivity index (χ4v) is 5.61. The van der Waals surface area contributed by atoms with E-state index >= 15 is 0 Å². The predicted octanol–water partition coefficient (Wildman–Crippen LogP) is 7.42. The molecule has 5 atom stereocenters. The highest BCUT2D eigenvalue weighted by molar-refractivity contribution is 5.84. The number of carbonyl (C=O) groups excluding carboxylic acids is 1. The molecule has 2 aliphatic rings. The van der Waals surface area contributed by atoms with Crippen LogP contribution in [-0.2, 0) is 21.9 Å². The zero-order valence-electron chi connectivity index (χ0n) is 20.5. The number of halogens is 7. The summed E-state index contributed by atoms with van der Waals surface area (Å²) in [6.07, 6.45) is -9.89. The molecule has 1 unspecified atom stereocenters. The van der Waals surface area contributed by atoms with Gasteiger partial charge in [-0.3, -0.25) is 4.79 Å². The third-order valence-electron chi connectivity index (χ3n) is 7.54. The quantitative estimate of drug-likeness (QED) is 0.408. The zero-order chi connectivity index (χ0) is 27.3. The Morgan fingerprint density at radius 3 is 2.00 bits per heavy atom. The lowest BCUT2D eigenvalue weighted by atomic mass is 9.79. The summed E-state index contributed by atoms with van der Waals surface area (Å²) in [5.74, 6) is -0.962. The number of ether oxygens (including phenoxy) is 1. The first-order valence-electron chi connectivity index (χ1n) is 12.1. The topological polar surface area (TPSA) is 38.3 Å². The number of amides is 1. The molecular weight excluding hydrogens is 503 g/mol. The van der Waals surface area contributed by atoms with Crippen LogP contribution in [0, 0.1) is 17.2 Å². The van der Waals surface area contributed by atoms with Crippen molar-refractivity contribution in [2.45, 2.75) is 76.6 Å². The van der Waals surface area contributed by atoms with Gasteiger partial charge in [0.1, 0.15) is 5.82 Å². The van der Waals surface area contributed by atoms with Gasteiger partial charge >= 0.3 is 12.4 Å². The molecule has 10 heteroatoms. The van der Waals surface area contributed by atoms with Crippen LogP contribution in [0.25, 0.3) is 0 Å². The number of carbonyl (C=O) groups is 1. The average molecular weight is 532 g/mol. The third kappa shape index (κ3) is 5.78. The fourth-order valence-electron chi connectivity index (χ4n) is 5.61. The first kappa shape index (κ1) is 27.4. The number of hydrogen-bond acceptors (Lipinski definition) is 2. The Balaban J connectivity index is 1.65. The van der Waals surface area contributed by atoms with Gasteiger partial charge in [-0.15, -0.1) is 0 Å². The summed E-state index contributed by atoms with van der Waals surface area (Å²) in [5.41, 5.74) is -2.87. The van der Waals surface area contributed by atoms with E-state index in [9.17, 15) is 35.5 Å². The van der Waals surface area contributed by atoms with E-state index in [1.54, 1.807) is 12.1 Å². The molecule has 0 radical (unpaired) electrons. The number of alkyl halides is 6. The summed E-state index contributed by atoms with van der Waals surface area (Å²) in [7, 11) is 0. The molecule has 37 heavy (non-hydrogen) atoms. The molecule has 2 aromatic rings. The Kier molecular flexibility index (Phi) is 7.11. The highest BCUT2D eigenvalue weighted by Gasteiger charge is 2.49. The highest BCUT2D eigenvalue weighted by Crippen LogP contribution is 2.48. The first-order chi connectivity index (χ1) is 17.1. The second-order valence-corrected chi connectivity index (χ2v) is 10.6. The van der Waals surface area contributed by atoms with E-state index in [1.165, 1.54) is 19.1 Å². The second-order valence-electron chi connectivity index (χ2n) is 10.6. The number of nitrogens with one attached hydrogen (secondary N) is 1. The van der Waals surface area contributed by atoms with Crippen molar-refractivity contribution in [2.24, 2.45) is 11.3 Å². The van der Waals surface area contributed by atoms with E-state index in [0.717, 1.165) is 5.56 Å². The lowest BCUT2D eigenvalue weighted by Gasteiger charge is -2.31. The van der Waals surface area contributed by atoms with E-state index in [1.807, 2.05) is 13.8 Å². The molecule has 1 N–H and O–H groups in total. The summed E-state index contributed by atoms with van der Waals surface area (Å²) in [5, 5.41) is 3.03. The smallest absolute Gasteiger partial charge is 0.370 e. The largest absolute Gasteiger partial charge is 0.416 e. The van der Waals surface area contributed by atoms with Gasteiger partial charge in [-0.25, -0.2) is 4.39 Å². The molecule has 2 fully saturated rings. The Morgan fingerprint density at radius 2 is 1.51 bits per heavy atom. The SMILES string of the molecule is C[C@@H](OC1CC[C@@H]([C@H]2CC(C)(C)C(=O)N2)[C@@H]1c1ccc(F)cc1)c1cc(C(F)(F)F)cc(C(F)(F)F)c1. The zero-order valence-corrected chi connectivity index (χ0v) is 20.5. The molecule has 0 aromatic heterocycles. The van der Waals surface area contributed by atoms with E-state index < -0.39 is 46.9 Å². The van der Waals surface area contributed by atoms with Gasteiger partial charge < -0.3 is 10.1 Å². The predicted molar refractivity (Wildman–Crippen MR) is 122 cm³/mol. The molecule has 3 nitrogen and oxygen atoms in total. The van der Waals surface area contributed by atoms with Crippen molar-refractivity contribution in [3.63, 3.8) is 0 Å². The van der Waals surface area contributed by atoms with Crippen LogP contribution in [0.5, 0.6) is 0 Å². The molecule has 1 aliphatic heterocycles. The first-order valence-corrected chi connectivity index (χ1v) is 12.1. The van der Waals surface area contributed by atoms with Gasteiger partial charge in [0.15, 0.2) is 0 Å². The molecule has 1 heterocycles. The maximum atomic E-state index is 13.6. The number of hydrogen-bond donors (Lipinski definition) is 1. The van der Waals surface area contributed by atoms with Crippen molar-refractivity contribution in [3.05, 3.63) is 70.5 Å². The number of rotatable bonds is 5. The second kappa shape index (κ2) is 9.60. The lowest BCUT2D eigenvalue weighted by molar-refractivity contribution is -0.143. The van der Waals surface area contributed by atoms with Gasteiger partial charge in [0.25, 0.3) is 0 Å². The van der Waals surface area contributed by atoms with Crippen LogP contribution in [0.3, 0.4) is 0 Å². The molecule has 0 bridgehead atoms. The van der Waals surface area contributed by atoms with Gasteiger partial charge in [-0.1, -0.05) is 26.0 Å². The average Bonchev–Trinajstić information content (AvgIpc) is 3.32. The minimum atomic E-state index is -4.96. The monoisotopic (exact) mass is 531 g/mol. The third-order valence-corrected chi connectivity index (χ3v) is 7.54. The summed E-state index contributed by atoms with van der Waals surface area (Å²) in [4.78, 5) is 12.4. The van der Waals surface area contributed by atoms with Crippen LogP contribution in [0.2, 0.25) is 0 Å². The van der Waals surface area contributed by atoms with Crippen molar-refractivity contribution in [3.8, 4) is 0 Å². The summed E-state index contributed by atoms with van der Waals surface area (Å²) < 4.78 is 100.0. The molecule has 4 rings (SSSR count). The lowest BCUT2D eigenvalue weighted by Crippen LogP contribution is -2.36. The van der Waals surface area contributed by atoms with Crippen LogP contribution in [0.1, 0.15) is 74.3 Å². The minimum absolute atomic E-state index is 0.0864. The van der Waals surface area contributed by atoms with Crippen molar-refractivity contribution < 1.29 is 40.3 Å². The Bertz CT molecular complexity index is 1110. The van der Waals surface area contributed by atoms with Crippen LogP contribution >= 0.6 is 0 Å². The number of benzene rings is 2. The molecular formula is C27H28F7NO2. The summed E-state index contributed by atoms with van der Waals surface area (Å²) in [6.45, 7) is 5.10. The van der Waals surface area contributed by atoms with E-state index in [2.05, 4.69) is 5.32 Å². The van der Waals surface area contributed by atoms with Crippen LogP contribution in [-0.4, -0.2) is 18.1 Å². The molecule has 1 saturated heterocycles. The van der Waals surface area contributed by atoms with Gasteiger partial charge in [0.2, 0.25) is 5.91 Å². The fraction of sp³-hybridized carbons (Fsp3) is 0.519. The van der Waals surface area contributed by atoms with Crippen LogP contribution in [0.15, 0.2) is 42.5 Å². The van der Waals surface area contributed by atoms with Crippen molar-refractivity contribution in [1.82, 2.24) is 5.32 Å². The van der Waals surface area contributed by atoms with E-state index in [0.29, 0.717) is 31.4 Å². The maximum Gasteiger partial charge on any atom is 0.416 e. The highest BCUT2D eigenvalue weighted by atomic mass is 19.4. The standard InChI is InChI=1S/C27H28F7NO2/c1-14(16-10-17(26(29,30)31)12-18(11-16)27(32,33)34)37-22-9-8-20(21-13-25(2,3)24(36)35-21)23(22)15-4-6-19(28)7-5-15/h4-7,10-12,14,20-23H,8-9,13H2,1-3H3,(H,35,36)/t14-,20+,21-,22?,23+/m1/s1. The Morgan fingerprint density at radius 1 is 0.946 bits per heavy atom. The van der Waals surface area contributed by atoms with Crippen molar-refractivity contribution in [2.75, 3.05) is 0 Å². The summed E-state index contributed by atoms with van der Waals surface area (Å²) >= 11 is 0. The van der Waals surface area contributed by atoms with Gasteiger partial charge in [0, 0.05) is 17.4 Å². The summed E-state index contributed by atoms with van der Waals surface area (Å²) in [6, 6.07) is 7.06. The van der Waals surface area contributed by atoms with Crippen molar-refractivity contribution >= 4 is 5.91 Å². The Hall–Kier alpha value is -2.62. The molecule has 1 aliphatic carbocycles. The van der Waals surface area contributed by atoms with E-state index in [-0.39, 0.29) is 35.4 Å². The minimum Gasteiger partial charge on any atom is -0.370 e. The van der Waals surface area contributed by atoms with Gasteiger partial charge in [-0.05, 0) is 73.6 Å². The van der Waals surface area contributed by atoms with Crippen LogP contribution < -0.4 is 5.32 Å². The van der Waals surface area contributed by atoms with Gasteiger partial charge in [0.05, 0.1) is 23.3 Å². The van der Waals surface area contributed by atoms with Crippen molar-refractivity contribution in [1.29, 1.82) is 0 Å². The normalized spacial score (nSPS) is 26.8. The molecule has 0 spiro atoms. The maximum absolute atomic E-state index is 13.6. The molecule has 1 saturated carbocycles.